The third-order valence-corrected chi connectivity index (χ3v) is 9.74. The molecular formula is C40H48N8O9S. The summed E-state index contributed by atoms with van der Waals surface area (Å²) in [5.74, 6) is -5.85. The number of aromatic hydroxyl groups is 1. The number of benzene rings is 3. The molecule has 18 heteroatoms. The smallest absolute Gasteiger partial charge is 0.305 e. The van der Waals surface area contributed by atoms with Crippen LogP contribution >= 0.6 is 11.8 Å². The first-order valence-corrected chi connectivity index (χ1v) is 19.7. The lowest BCUT2D eigenvalue weighted by atomic mass is 10.0. The molecule has 0 saturated heterocycles. The highest BCUT2D eigenvalue weighted by Gasteiger charge is 2.32. The van der Waals surface area contributed by atoms with Gasteiger partial charge in [-0.15, -0.1) is 0 Å². The molecule has 12 N–H and O–H groups in total. The molecule has 0 saturated carbocycles. The highest BCUT2D eigenvalue weighted by molar-refractivity contribution is 7.98. The number of nitrogens with two attached hydrogens (primary N) is 2. The first kappa shape index (κ1) is 44.3. The molecule has 0 bridgehead atoms. The number of aromatic amines is 1. The number of phenolic OH excluding ortho intramolecular Hbond substituents is 1. The van der Waals surface area contributed by atoms with Crippen molar-refractivity contribution < 1.29 is 43.8 Å². The molecule has 5 unspecified atom stereocenters. The van der Waals surface area contributed by atoms with E-state index in [1.54, 1.807) is 54.9 Å². The van der Waals surface area contributed by atoms with Gasteiger partial charge in [0.2, 0.25) is 35.4 Å². The topological polar surface area (TPSA) is 288 Å². The second-order valence-electron chi connectivity index (χ2n) is 13.5. The number of amides is 6. The standard InChI is InChI=1S/C40H48N8O9S/c1-58-16-15-30(38(55)48-33(20-35(51)52)40(57)47-31(36(42)53)18-23-7-3-2-4-8-23)46-39(56)32(19-25-21-43-29-10-6-5-9-27(25)29)45-34(50)22-44-37(54)28(41)17-24-11-13-26(49)14-12-24/h2-14,21,28,30-33,43,49H,15-20,22,41H2,1H3,(H2,42,53)(H,44,54)(H,45,50)(H,46,56)(H,47,57)(H,48,55)(H,51,52). The number of carbonyl (C=O) groups is 7. The van der Waals surface area contributed by atoms with Gasteiger partial charge in [-0.2, -0.15) is 11.8 Å². The number of phenols is 1. The Morgan fingerprint density at radius 1 is 0.707 bits per heavy atom. The number of primary amides is 1. The Labute approximate surface area is 338 Å². The summed E-state index contributed by atoms with van der Waals surface area (Å²) in [5.41, 5.74) is 14.4. The van der Waals surface area contributed by atoms with Crippen LogP contribution < -0.4 is 38.1 Å². The Kier molecular flexibility index (Phi) is 16.6. The van der Waals surface area contributed by atoms with Crippen molar-refractivity contribution in [3.63, 3.8) is 0 Å². The quantitative estimate of drug-likeness (QED) is 0.0504. The molecule has 308 valence electrons. The van der Waals surface area contributed by atoms with Crippen molar-refractivity contribution in [1.29, 1.82) is 0 Å². The van der Waals surface area contributed by atoms with Crippen molar-refractivity contribution in [1.82, 2.24) is 31.6 Å². The van der Waals surface area contributed by atoms with Crippen LogP contribution in [0.1, 0.15) is 29.5 Å². The van der Waals surface area contributed by atoms with E-state index in [9.17, 15) is 43.8 Å². The summed E-state index contributed by atoms with van der Waals surface area (Å²) >= 11 is 1.37. The average Bonchev–Trinajstić information content (AvgIpc) is 3.61. The van der Waals surface area contributed by atoms with Crippen molar-refractivity contribution in [2.24, 2.45) is 11.5 Å². The molecule has 0 spiro atoms. The summed E-state index contributed by atoms with van der Waals surface area (Å²) in [5, 5.41) is 32.5. The number of thioether (sulfide) groups is 1. The van der Waals surface area contributed by atoms with Gasteiger partial charge < -0.3 is 53.2 Å². The van der Waals surface area contributed by atoms with Gasteiger partial charge in [-0.25, -0.2) is 0 Å². The van der Waals surface area contributed by atoms with E-state index in [4.69, 9.17) is 11.5 Å². The number of carboxylic acid groups (broad SMARTS) is 1. The molecule has 6 amide bonds. The number of fused-ring (bicyclic) bond motifs is 1. The predicted molar refractivity (Wildman–Crippen MR) is 217 cm³/mol. The molecule has 0 aliphatic heterocycles. The zero-order chi connectivity index (χ0) is 42.2. The number of H-pyrrole nitrogens is 1. The summed E-state index contributed by atoms with van der Waals surface area (Å²) in [7, 11) is 0. The number of para-hydroxylation sites is 1. The summed E-state index contributed by atoms with van der Waals surface area (Å²) in [6.45, 7) is -0.529. The third kappa shape index (κ3) is 13.7. The van der Waals surface area contributed by atoms with Gasteiger partial charge in [-0.1, -0.05) is 60.7 Å². The third-order valence-electron chi connectivity index (χ3n) is 9.10. The van der Waals surface area contributed by atoms with Gasteiger partial charge in [0.1, 0.15) is 29.9 Å². The van der Waals surface area contributed by atoms with Crippen molar-refractivity contribution in [2.45, 2.75) is 62.3 Å². The van der Waals surface area contributed by atoms with Crippen molar-refractivity contribution in [3.8, 4) is 5.75 Å². The lowest BCUT2D eigenvalue weighted by molar-refractivity contribution is -0.141. The Bertz CT molecular complexity index is 2060. The van der Waals surface area contributed by atoms with Gasteiger partial charge in [-0.05, 0) is 59.7 Å². The zero-order valence-corrected chi connectivity index (χ0v) is 32.6. The van der Waals surface area contributed by atoms with Crippen LogP contribution in [0.4, 0.5) is 0 Å². The lowest BCUT2D eigenvalue weighted by Gasteiger charge is -2.26. The summed E-state index contributed by atoms with van der Waals surface area (Å²) in [6, 6.07) is 15.7. The molecule has 1 heterocycles. The van der Waals surface area contributed by atoms with Crippen LogP contribution in [0.15, 0.2) is 85.1 Å². The van der Waals surface area contributed by atoms with E-state index in [-0.39, 0.29) is 31.4 Å². The van der Waals surface area contributed by atoms with Crippen LogP contribution in [0.2, 0.25) is 0 Å². The number of carbonyl (C=O) groups excluding carboxylic acids is 6. The fraction of sp³-hybridized carbons (Fsp3) is 0.325. The second kappa shape index (κ2) is 21.8. The number of nitrogens with one attached hydrogen (secondary N) is 6. The molecule has 0 aliphatic carbocycles. The predicted octanol–water partition coefficient (Wildman–Crippen LogP) is -0.00280. The normalized spacial score (nSPS) is 13.6. The Balaban J connectivity index is 1.48. The molecule has 0 fully saturated rings. The average molecular weight is 817 g/mol. The maximum Gasteiger partial charge on any atom is 0.305 e. The molecule has 0 aliphatic rings. The highest BCUT2D eigenvalue weighted by atomic mass is 32.2. The van der Waals surface area contributed by atoms with Crippen LogP contribution in [-0.2, 0) is 52.8 Å². The number of hydrogen-bond donors (Lipinski definition) is 10. The van der Waals surface area contributed by atoms with Gasteiger partial charge in [0, 0.05) is 29.9 Å². The first-order valence-electron chi connectivity index (χ1n) is 18.3. The van der Waals surface area contributed by atoms with Crippen LogP contribution in [-0.4, -0.2) is 105 Å². The SMILES string of the molecule is CSCCC(NC(=O)C(Cc1c[nH]c2ccccc12)NC(=O)CNC(=O)C(N)Cc1ccc(O)cc1)C(=O)NC(CC(=O)O)C(=O)NC(Cc1ccccc1)C(N)=O. The molecular weight excluding hydrogens is 769 g/mol. The van der Waals surface area contributed by atoms with Crippen LogP contribution in [0, 0.1) is 0 Å². The second-order valence-corrected chi connectivity index (χ2v) is 14.5. The van der Waals surface area contributed by atoms with E-state index in [0.717, 1.165) is 10.9 Å². The lowest BCUT2D eigenvalue weighted by Crippen LogP contribution is -2.59. The number of aliphatic carboxylic acids is 1. The van der Waals surface area contributed by atoms with Crippen molar-refractivity contribution in [2.75, 3.05) is 18.6 Å². The Morgan fingerprint density at radius 3 is 1.98 bits per heavy atom. The molecule has 0 radical (unpaired) electrons. The van der Waals surface area contributed by atoms with Gasteiger partial charge in [0.15, 0.2) is 0 Å². The number of rotatable bonds is 22. The molecule has 4 aromatic rings. The molecule has 4 rings (SSSR count). The van der Waals surface area contributed by atoms with E-state index in [1.165, 1.54) is 23.9 Å². The van der Waals surface area contributed by atoms with E-state index in [0.29, 0.717) is 22.4 Å². The van der Waals surface area contributed by atoms with E-state index < -0.39 is 84.6 Å². The fourth-order valence-corrected chi connectivity index (χ4v) is 6.50. The monoisotopic (exact) mass is 816 g/mol. The number of carboxylic acids is 1. The largest absolute Gasteiger partial charge is 0.508 e. The molecule has 1 aromatic heterocycles. The van der Waals surface area contributed by atoms with Crippen LogP contribution in [0.5, 0.6) is 5.75 Å². The molecule has 17 nitrogen and oxygen atoms in total. The van der Waals surface area contributed by atoms with Crippen LogP contribution in [0.3, 0.4) is 0 Å². The number of hydrogen-bond acceptors (Lipinski definition) is 10. The van der Waals surface area contributed by atoms with Crippen LogP contribution in [0.25, 0.3) is 10.9 Å². The summed E-state index contributed by atoms with van der Waals surface area (Å²) in [4.78, 5) is 94.3. The summed E-state index contributed by atoms with van der Waals surface area (Å²) in [6.07, 6.45) is 2.79. The van der Waals surface area contributed by atoms with Gasteiger partial charge in [-0.3, -0.25) is 33.6 Å². The maximum atomic E-state index is 14.0. The Hall–Kier alpha value is -6.40. The van der Waals surface area contributed by atoms with E-state index in [1.807, 2.05) is 24.3 Å². The zero-order valence-electron chi connectivity index (χ0n) is 31.7. The number of aromatic nitrogens is 1. The molecule has 5 atom stereocenters. The minimum absolute atomic E-state index is 0.0158. The first-order chi connectivity index (χ1) is 27.7. The van der Waals surface area contributed by atoms with E-state index in [2.05, 4.69) is 31.6 Å². The van der Waals surface area contributed by atoms with Crippen molar-refractivity contribution >= 4 is 64.1 Å². The summed E-state index contributed by atoms with van der Waals surface area (Å²) < 4.78 is 0. The maximum absolute atomic E-state index is 14.0. The highest BCUT2D eigenvalue weighted by Crippen LogP contribution is 2.19. The Morgan fingerprint density at radius 2 is 1.31 bits per heavy atom. The minimum Gasteiger partial charge on any atom is -0.508 e. The van der Waals surface area contributed by atoms with Gasteiger partial charge in [0.25, 0.3) is 0 Å². The van der Waals surface area contributed by atoms with Gasteiger partial charge >= 0.3 is 5.97 Å². The molecule has 3 aromatic carbocycles. The van der Waals surface area contributed by atoms with Gasteiger partial charge in [0.05, 0.1) is 19.0 Å². The minimum atomic E-state index is -1.65. The van der Waals surface area contributed by atoms with Crippen molar-refractivity contribution in [3.05, 3.63) is 102 Å². The molecule has 58 heavy (non-hydrogen) atoms. The fourth-order valence-electron chi connectivity index (χ4n) is 6.03. The van der Waals surface area contributed by atoms with E-state index >= 15 is 0 Å².